The zero-order chi connectivity index (χ0) is 9.84. The average molecular weight is 260 g/mol. The average Bonchev–Trinajstić information content (AvgIpc) is 2.16. The van der Waals surface area contributed by atoms with E-state index < -0.39 is 0 Å². The van der Waals surface area contributed by atoms with Crippen molar-refractivity contribution in [3.05, 3.63) is 28.2 Å². The van der Waals surface area contributed by atoms with Crippen molar-refractivity contribution in [2.75, 3.05) is 14.2 Å². The Hall–Kier alpha value is -0.610. The Balaban J connectivity index is 3.15. The van der Waals surface area contributed by atoms with Crippen molar-refractivity contribution < 1.29 is 4.74 Å². The minimum atomic E-state index is 0.679. The van der Waals surface area contributed by atoms with Crippen LogP contribution in [0, 0.1) is 0 Å². The maximum absolute atomic E-state index is 5.17. The molecule has 4 heteroatoms. The number of hydrogen-bond donors (Lipinski definition) is 1. The standard InChI is InChI=1S/C9H10BrNOS/c1-11-9(13)7-5-6(10)3-4-8(7)12-2/h3-5H,1-2H3,(H,11,13). The van der Waals surface area contributed by atoms with Crippen molar-refractivity contribution in [2.45, 2.75) is 0 Å². The number of nitrogens with one attached hydrogen (secondary N) is 1. The Morgan fingerprint density at radius 2 is 2.23 bits per heavy atom. The van der Waals surface area contributed by atoms with Crippen molar-refractivity contribution in [1.29, 1.82) is 0 Å². The van der Waals surface area contributed by atoms with Crippen LogP contribution in [0.15, 0.2) is 22.7 Å². The van der Waals surface area contributed by atoms with E-state index in [-0.39, 0.29) is 0 Å². The molecule has 0 aliphatic heterocycles. The predicted octanol–water partition coefficient (Wildman–Crippen LogP) is 2.35. The first kappa shape index (κ1) is 10.5. The zero-order valence-corrected chi connectivity index (χ0v) is 9.83. The van der Waals surface area contributed by atoms with E-state index in [1.807, 2.05) is 18.2 Å². The second-order valence-electron chi connectivity index (χ2n) is 2.42. The minimum Gasteiger partial charge on any atom is -0.496 e. The molecule has 0 atom stereocenters. The summed E-state index contributed by atoms with van der Waals surface area (Å²) in [5.41, 5.74) is 0.898. The van der Waals surface area contributed by atoms with Gasteiger partial charge in [-0.15, -0.1) is 0 Å². The van der Waals surface area contributed by atoms with Gasteiger partial charge in [-0.05, 0) is 18.2 Å². The van der Waals surface area contributed by atoms with Gasteiger partial charge in [-0.3, -0.25) is 0 Å². The maximum Gasteiger partial charge on any atom is 0.129 e. The fourth-order valence-electron chi connectivity index (χ4n) is 0.992. The second kappa shape index (κ2) is 4.58. The SMILES string of the molecule is CNC(=S)c1cc(Br)ccc1OC. The van der Waals surface area contributed by atoms with Crippen LogP contribution in [0.4, 0.5) is 0 Å². The van der Waals surface area contributed by atoms with Crippen LogP contribution in [0.2, 0.25) is 0 Å². The van der Waals surface area contributed by atoms with Crippen LogP contribution in [0.5, 0.6) is 5.75 Å². The Bertz CT molecular complexity index is 327. The summed E-state index contributed by atoms with van der Waals surface area (Å²) in [5, 5.41) is 2.91. The molecule has 1 aromatic carbocycles. The summed E-state index contributed by atoms with van der Waals surface area (Å²) in [6.45, 7) is 0. The third-order valence-corrected chi connectivity index (χ3v) is 2.55. The largest absolute Gasteiger partial charge is 0.496 e. The number of methoxy groups -OCH3 is 1. The van der Waals surface area contributed by atoms with Gasteiger partial charge in [0.2, 0.25) is 0 Å². The molecule has 1 aromatic rings. The number of hydrogen-bond acceptors (Lipinski definition) is 2. The van der Waals surface area contributed by atoms with Gasteiger partial charge in [-0.1, -0.05) is 28.1 Å². The van der Waals surface area contributed by atoms with E-state index in [9.17, 15) is 0 Å². The lowest BCUT2D eigenvalue weighted by Crippen LogP contribution is -2.17. The fraction of sp³-hybridized carbons (Fsp3) is 0.222. The highest BCUT2D eigenvalue weighted by atomic mass is 79.9. The van der Waals surface area contributed by atoms with Crippen molar-refractivity contribution in [1.82, 2.24) is 5.32 Å². The molecule has 2 nitrogen and oxygen atoms in total. The number of halogens is 1. The highest BCUT2D eigenvalue weighted by Crippen LogP contribution is 2.22. The fourth-order valence-corrected chi connectivity index (χ4v) is 1.51. The summed E-state index contributed by atoms with van der Waals surface area (Å²) in [6, 6.07) is 5.72. The van der Waals surface area contributed by atoms with E-state index in [2.05, 4.69) is 21.2 Å². The van der Waals surface area contributed by atoms with E-state index in [1.165, 1.54) is 0 Å². The first-order valence-electron chi connectivity index (χ1n) is 3.74. The number of rotatable bonds is 2. The molecular weight excluding hydrogens is 250 g/mol. The van der Waals surface area contributed by atoms with Gasteiger partial charge in [-0.25, -0.2) is 0 Å². The van der Waals surface area contributed by atoms with Gasteiger partial charge in [0.1, 0.15) is 10.7 Å². The summed E-state index contributed by atoms with van der Waals surface area (Å²) in [4.78, 5) is 0.679. The van der Waals surface area contributed by atoms with Crippen LogP contribution in [0.1, 0.15) is 5.56 Å². The summed E-state index contributed by atoms with van der Waals surface area (Å²) in [6.07, 6.45) is 0. The normalized spacial score (nSPS) is 9.46. The lowest BCUT2D eigenvalue weighted by Gasteiger charge is -2.09. The third-order valence-electron chi connectivity index (χ3n) is 1.63. The van der Waals surface area contributed by atoms with Crippen LogP contribution in [-0.2, 0) is 0 Å². The van der Waals surface area contributed by atoms with Gasteiger partial charge in [0.15, 0.2) is 0 Å². The van der Waals surface area contributed by atoms with Crippen LogP contribution < -0.4 is 10.1 Å². The number of thiocarbonyl (C=S) groups is 1. The zero-order valence-electron chi connectivity index (χ0n) is 7.43. The smallest absolute Gasteiger partial charge is 0.129 e. The van der Waals surface area contributed by atoms with Crippen LogP contribution in [-0.4, -0.2) is 19.1 Å². The molecule has 0 spiro atoms. The lowest BCUT2D eigenvalue weighted by molar-refractivity contribution is 0.414. The van der Waals surface area contributed by atoms with Gasteiger partial charge < -0.3 is 10.1 Å². The molecule has 13 heavy (non-hydrogen) atoms. The van der Waals surface area contributed by atoms with Gasteiger partial charge >= 0.3 is 0 Å². The molecule has 0 aromatic heterocycles. The molecule has 0 bridgehead atoms. The topological polar surface area (TPSA) is 21.3 Å². The number of benzene rings is 1. The van der Waals surface area contributed by atoms with Crippen LogP contribution >= 0.6 is 28.1 Å². The van der Waals surface area contributed by atoms with Gasteiger partial charge in [0, 0.05) is 11.5 Å². The molecular formula is C9H10BrNOS. The minimum absolute atomic E-state index is 0.679. The molecule has 0 saturated carbocycles. The van der Waals surface area contributed by atoms with E-state index in [4.69, 9.17) is 17.0 Å². The molecule has 0 amide bonds. The third kappa shape index (κ3) is 2.42. The summed E-state index contributed by atoms with van der Waals surface area (Å²) >= 11 is 8.50. The van der Waals surface area contributed by atoms with Crippen LogP contribution in [0.3, 0.4) is 0 Å². The van der Waals surface area contributed by atoms with E-state index in [0.29, 0.717) is 4.99 Å². The monoisotopic (exact) mass is 259 g/mol. The predicted molar refractivity (Wildman–Crippen MR) is 61.5 cm³/mol. The molecule has 0 fully saturated rings. The highest BCUT2D eigenvalue weighted by molar-refractivity contribution is 9.10. The molecule has 0 aliphatic carbocycles. The first-order valence-corrected chi connectivity index (χ1v) is 4.94. The Morgan fingerprint density at radius 3 is 2.77 bits per heavy atom. The summed E-state index contributed by atoms with van der Waals surface area (Å²) in [7, 11) is 3.42. The van der Waals surface area contributed by atoms with Crippen molar-refractivity contribution in [2.24, 2.45) is 0 Å². The quantitative estimate of drug-likeness (QED) is 0.825. The Morgan fingerprint density at radius 1 is 1.54 bits per heavy atom. The van der Waals surface area contributed by atoms with Crippen LogP contribution in [0.25, 0.3) is 0 Å². The second-order valence-corrected chi connectivity index (χ2v) is 3.75. The van der Waals surface area contributed by atoms with Gasteiger partial charge in [0.05, 0.1) is 12.7 Å². The molecule has 1 rings (SSSR count). The molecule has 0 heterocycles. The maximum atomic E-state index is 5.17. The van der Waals surface area contributed by atoms with Gasteiger partial charge in [-0.2, -0.15) is 0 Å². The lowest BCUT2D eigenvalue weighted by atomic mass is 10.2. The molecule has 1 N–H and O–H groups in total. The number of ether oxygens (including phenoxy) is 1. The van der Waals surface area contributed by atoms with Crippen molar-refractivity contribution in [3.8, 4) is 5.75 Å². The molecule has 0 unspecified atom stereocenters. The van der Waals surface area contributed by atoms with E-state index >= 15 is 0 Å². The molecule has 0 radical (unpaired) electrons. The summed E-state index contributed by atoms with van der Waals surface area (Å²) < 4.78 is 6.16. The van der Waals surface area contributed by atoms with Crippen molar-refractivity contribution in [3.63, 3.8) is 0 Å². The molecule has 0 saturated heterocycles. The highest BCUT2D eigenvalue weighted by Gasteiger charge is 2.06. The Kier molecular flexibility index (Phi) is 3.69. The molecule has 70 valence electrons. The first-order chi connectivity index (χ1) is 6.19. The van der Waals surface area contributed by atoms with Gasteiger partial charge in [0.25, 0.3) is 0 Å². The van der Waals surface area contributed by atoms with E-state index in [0.717, 1.165) is 15.8 Å². The van der Waals surface area contributed by atoms with Crippen molar-refractivity contribution >= 4 is 33.1 Å². The Labute approximate surface area is 91.4 Å². The summed E-state index contributed by atoms with van der Waals surface area (Å²) in [5.74, 6) is 0.780. The van der Waals surface area contributed by atoms with E-state index in [1.54, 1.807) is 14.2 Å². The molecule has 0 aliphatic rings.